The molecule has 22 heavy (non-hydrogen) atoms. The second-order valence-electron chi connectivity index (χ2n) is 6.59. The number of benzene rings is 1. The summed E-state index contributed by atoms with van der Waals surface area (Å²) in [5.74, 6) is 0.573. The van der Waals surface area contributed by atoms with Crippen LogP contribution in [-0.4, -0.2) is 24.4 Å². The van der Waals surface area contributed by atoms with Crippen molar-refractivity contribution in [2.75, 3.05) is 11.4 Å². The largest absolute Gasteiger partial charge is 0.344 e. The minimum atomic E-state index is -0.352. The van der Waals surface area contributed by atoms with E-state index in [1.807, 2.05) is 31.2 Å². The fourth-order valence-electron chi connectivity index (χ4n) is 3.52. The lowest BCUT2D eigenvalue weighted by molar-refractivity contribution is -0.127. The van der Waals surface area contributed by atoms with E-state index < -0.39 is 0 Å². The number of anilines is 1. The van der Waals surface area contributed by atoms with Crippen molar-refractivity contribution in [3.8, 4) is 0 Å². The van der Waals surface area contributed by atoms with E-state index in [2.05, 4.69) is 5.32 Å². The molecule has 1 heterocycles. The van der Waals surface area contributed by atoms with Crippen molar-refractivity contribution >= 4 is 17.5 Å². The summed E-state index contributed by atoms with van der Waals surface area (Å²) in [5.41, 5.74) is 2.10. The lowest BCUT2D eigenvalue weighted by Gasteiger charge is -2.18. The number of amides is 2. The molecule has 3 rings (SSSR count). The molecule has 1 aromatic rings. The Hall–Kier alpha value is -1.84. The minimum absolute atomic E-state index is 0.0172. The number of hydrogen-bond acceptors (Lipinski definition) is 2. The van der Waals surface area contributed by atoms with Gasteiger partial charge in [0, 0.05) is 18.7 Å². The van der Waals surface area contributed by atoms with Crippen LogP contribution in [0.4, 0.5) is 5.69 Å². The number of hydrogen-bond donors (Lipinski definition) is 1. The standard InChI is InChI=1S/C18H24N2O2/c1-13-6-8-15(9-7-13)20-11-10-16(18(20)22)19-17(21)12-14-4-2-3-5-14/h6-9,14,16H,2-5,10-12H2,1H3,(H,19,21)/t16-/m0/s1. The first kappa shape index (κ1) is 15.1. The number of nitrogens with one attached hydrogen (secondary N) is 1. The van der Waals surface area contributed by atoms with E-state index in [4.69, 9.17) is 0 Å². The van der Waals surface area contributed by atoms with Gasteiger partial charge in [0.2, 0.25) is 11.8 Å². The number of rotatable bonds is 4. The molecule has 1 aromatic carbocycles. The SMILES string of the molecule is Cc1ccc(N2CC[C@H](NC(=O)CC3CCCC3)C2=O)cc1. The van der Waals surface area contributed by atoms with Crippen LogP contribution in [-0.2, 0) is 9.59 Å². The summed E-state index contributed by atoms with van der Waals surface area (Å²) in [5, 5.41) is 2.94. The molecule has 1 saturated carbocycles. The minimum Gasteiger partial charge on any atom is -0.344 e. The van der Waals surface area contributed by atoms with Crippen LogP contribution in [0.3, 0.4) is 0 Å². The first-order valence-corrected chi connectivity index (χ1v) is 8.31. The predicted octanol–water partition coefficient (Wildman–Crippen LogP) is 2.80. The maximum atomic E-state index is 12.5. The van der Waals surface area contributed by atoms with E-state index in [1.165, 1.54) is 18.4 Å². The monoisotopic (exact) mass is 300 g/mol. The summed E-state index contributed by atoms with van der Waals surface area (Å²) in [6.45, 7) is 2.71. The van der Waals surface area contributed by atoms with Gasteiger partial charge < -0.3 is 10.2 Å². The Morgan fingerprint density at radius 2 is 1.86 bits per heavy atom. The molecule has 1 N–H and O–H groups in total. The van der Waals surface area contributed by atoms with Gasteiger partial charge in [0.05, 0.1) is 0 Å². The van der Waals surface area contributed by atoms with Gasteiger partial charge in [-0.1, -0.05) is 30.5 Å². The van der Waals surface area contributed by atoms with Crippen LogP contribution in [0.2, 0.25) is 0 Å². The highest BCUT2D eigenvalue weighted by Crippen LogP contribution is 2.28. The van der Waals surface area contributed by atoms with E-state index in [0.29, 0.717) is 25.3 Å². The third-order valence-electron chi connectivity index (χ3n) is 4.84. The number of nitrogens with zero attached hydrogens (tertiary/aromatic N) is 1. The first-order valence-electron chi connectivity index (χ1n) is 8.31. The van der Waals surface area contributed by atoms with Crippen LogP contribution in [0.1, 0.15) is 44.1 Å². The van der Waals surface area contributed by atoms with Crippen molar-refractivity contribution in [2.24, 2.45) is 5.92 Å². The summed E-state index contributed by atoms with van der Waals surface area (Å²) >= 11 is 0. The van der Waals surface area contributed by atoms with Crippen LogP contribution in [0.15, 0.2) is 24.3 Å². The van der Waals surface area contributed by atoms with Gasteiger partial charge in [-0.3, -0.25) is 9.59 Å². The van der Waals surface area contributed by atoms with Crippen molar-refractivity contribution in [2.45, 2.75) is 51.5 Å². The number of carbonyl (C=O) groups excluding carboxylic acids is 2. The molecule has 0 radical (unpaired) electrons. The van der Waals surface area contributed by atoms with Gasteiger partial charge in [-0.25, -0.2) is 0 Å². The lowest BCUT2D eigenvalue weighted by Crippen LogP contribution is -2.42. The third-order valence-corrected chi connectivity index (χ3v) is 4.84. The average Bonchev–Trinajstić information content (AvgIpc) is 3.11. The van der Waals surface area contributed by atoms with Gasteiger partial charge in [0.25, 0.3) is 0 Å². The summed E-state index contributed by atoms with van der Waals surface area (Å²) < 4.78 is 0. The molecule has 0 spiro atoms. The van der Waals surface area contributed by atoms with E-state index in [9.17, 15) is 9.59 Å². The Labute approximate surface area is 131 Å². The van der Waals surface area contributed by atoms with E-state index in [-0.39, 0.29) is 17.9 Å². The molecule has 1 atom stereocenters. The fraction of sp³-hybridized carbons (Fsp3) is 0.556. The van der Waals surface area contributed by atoms with Crippen LogP contribution in [0.5, 0.6) is 0 Å². The lowest BCUT2D eigenvalue weighted by atomic mass is 10.0. The van der Waals surface area contributed by atoms with Crippen molar-refractivity contribution in [3.63, 3.8) is 0 Å². The zero-order chi connectivity index (χ0) is 15.5. The first-order chi connectivity index (χ1) is 10.6. The number of aryl methyl sites for hydroxylation is 1. The summed E-state index contributed by atoms with van der Waals surface area (Å²) in [6, 6.07) is 7.60. The van der Waals surface area contributed by atoms with Crippen molar-refractivity contribution in [3.05, 3.63) is 29.8 Å². The fourth-order valence-corrected chi connectivity index (χ4v) is 3.52. The van der Waals surface area contributed by atoms with E-state index in [0.717, 1.165) is 18.5 Å². The highest BCUT2D eigenvalue weighted by Gasteiger charge is 2.33. The molecule has 118 valence electrons. The van der Waals surface area contributed by atoms with Gasteiger partial charge >= 0.3 is 0 Å². The molecule has 1 aliphatic carbocycles. The molecule has 2 fully saturated rings. The molecule has 0 bridgehead atoms. The van der Waals surface area contributed by atoms with Crippen LogP contribution in [0, 0.1) is 12.8 Å². The summed E-state index contributed by atoms with van der Waals surface area (Å²) in [7, 11) is 0. The quantitative estimate of drug-likeness (QED) is 0.929. The molecule has 4 heteroatoms. The van der Waals surface area contributed by atoms with E-state index >= 15 is 0 Å². The van der Waals surface area contributed by atoms with Gasteiger partial charge in [0.1, 0.15) is 6.04 Å². The normalized spacial score (nSPS) is 22.3. The maximum absolute atomic E-state index is 12.5. The molecule has 4 nitrogen and oxygen atoms in total. The Morgan fingerprint density at radius 1 is 1.18 bits per heavy atom. The average molecular weight is 300 g/mol. The van der Waals surface area contributed by atoms with Gasteiger partial charge in [-0.05, 0) is 44.2 Å². The zero-order valence-corrected chi connectivity index (χ0v) is 13.2. The smallest absolute Gasteiger partial charge is 0.249 e. The van der Waals surface area contributed by atoms with Gasteiger partial charge in [0.15, 0.2) is 0 Å². The van der Waals surface area contributed by atoms with Crippen LogP contribution in [0.25, 0.3) is 0 Å². The molecule has 1 saturated heterocycles. The van der Waals surface area contributed by atoms with Gasteiger partial charge in [-0.15, -0.1) is 0 Å². The molecule has 2 aliphatic rings. The zero-order valence-electron chi connectivity index (χ0n) is 13.2. The molecule has 1 aliphatic heterocycles. The van der Waals surface area contributed by atoms with Crippen LogP contribution >= 0.6 is 0 Å². The third kappa shape index (κ3) is 3.32. The van der Waals surface area contributed by atoms with Crippen molar-refractivity contribution in [1.29, 1.82) is 0 Å². The Morgan fingerprint density at radius 3 is 2.55 bits per heavy atom. The second-order valence-corrected chi connectivity index (χ2v) is 6.59. The van der Waals surface area contributed by atoms with E-state index in [1.54, 1.807) is 4.90 Å². The Kier molecular flexibility index (Phi) is 4.46. The van der Waals surface area contributed by atoms with Crippen LogP contribution < -0.4 is 10.2 Å². The Balaban J connectivity index is 1.56. The molecule has 0 unspecified atom stereocenters. The van der Waals surface area contributed by atoms with Crippen molar-refractivity contribution < 1.29 is 9.59 Å². The predicted molar refractivity (Wildman–Crippen MR) is 86.7 cm³/mol. The molecule has 2 amide bonds. The highest BCUT2D eigenvalue weighted by atomic mass is 16.2. The van der Waals surface area contributed by atoms with Crippen molar-refractivity contribution in [1.82, 2.24) is 5.32 Å². The molecular weight excluding hydrogens is 276 g/mol. The summed E-state index contributed by atoms with van der Waals surface area (Å²) in [6.07, 6.45) is 6.06. The Bertz CT molecular complexity index is 547. The highest BCUT2D eigenvalue weighted by molar-refractivity contribution is 6.01. The number of carbonyl (C=O) groups is 2. The topological polar surface area (TPSA) is 49.4 Å². The summed E-state index contributed by atoms with van der Waals surface area (Å²) in [4.78, 5) is 26.4. The molecule has 0 aromatic heterocycles. The van der Waals surface area contributed by atoms with Gasteiger partial charge in [-0.2, -0.15) is 0 Å². The second kappa shape index (κ2) is 6.51. The molecular formula is C18H24N2O2. The maximum Gasteiger partial charge on any atom is 0.249 e.